The number of hydrogen-bond acceptors (Lipinski definition) is 2. The van der Waals surface area contributed by atoms with Crippen LogP contribution in [0, 0.1) is 0 Å². The highest BCUT2D eigenvalue weighted by atomic mass is 16.2. The quantitative estimate of drug-likeness (QED) is 0.768. The summed E-state index contributed by atoms with van der Waals surface area (Å²) in [6.45, 7) is 0. The molecule has 0 radical (unpaired) electrons. The van der Waals surface area contributed by atoms with Gasteiger partial charge in [-0.05, 0) is 32.1 Å². The topological polar surface area (TPSA) is 46.3 Å². The van der Waals surface area contributed by atoms with Gasteiger partial charge in [0, 0.05) is 25.0 Å². The summed E-state index contributed by atoms with van der Waals surface area (Å²) in [5, 5.41) is 0. The van der Waals surface area contributed by atoms with Gasteiger partial charge in [-0.1, -0.05) is 25.7 Å². The maximum Gasteiger partial charge on any atom is 0.224 e. The molecule has 0 aromatic rings. The first-order chi connectivity index (χ1) is 8.11. The SMILES string of the molecule is CN(C(=O)CC1(N)CCC1)C1CCCCCC1. The third kappa shape index (κ3) is 3.21. The van der Waals surface area contributed by atoms with Crippen molar-refractivity contribution in [3.63, 3.8) is 0 Å². The Balaban J connectivity index is 1.84. The maximum absolute atomic E-state index is 12.2. The first kappa shape index (κ1) is 12.9. The summed E-state index contributed by atoms with van der Waals surface area (Å²) >= 11 is 0. The van der Waals surface area contributed by atoms with Gasteiger partial charge in [0.05, 0.1) is 0 Å². The molecule has 2 rings (SSSR count). The van der Waals surface area contributed by atoms with Crippen molar-refractivity contribution in [2.45, 2.75) is 75.8 Å². The zero-order valence-electron chi connectivity index (χ0n) is 11.1. The van der Waals surface area contributed by atoms with Crippen LogP contribution in [0.2, 0.25) is 0 Å². The smallest absolute Gasteiger partial charge is 0.224 e. The van der Waals surface area contributed by atoms with Gasteiger partial charge in [0.25, 0.3) is 0 Å². The van der Waals surface area contributed by atoms with Crippen molar-refractivity contribution in [1.29, 1.82) is 0 Å². The van der Waals surface area contributed by atoms with Crippen LogP contribution in [0.3, 0.4) is 0 Å². The minimum absolute atomic E-state index is 0.171. The molecule has 0 atom stereocenters. The normalized spacial score (nSPS) is 24.8. The van der Waals surface area contributed by atoms with Crippen LogP contribution in [0.1, 0.15) is 64.2 Å². The number of nitrogens with zero attached hydrogens (tertiary/aromatic N) is 1. The molecule has 0 bridgehead atoms. The molecule has 0 heterocycles. The minimum atomic E-state index is -0.171. The van der Waals surface area contributed by atoms with Crippen LogP contribution in [0.15, 0.2) is 0 Å². The molecule has 0 spiro atoms. The summed E-state index contributed by atoms with van der Waals surface area (Å²) in [6.07, 6.45) is 11.4. The molecule has 1 amide bonds. The Morgan fingerprint density at radius 1 is 1.18 bits per heavy atom. The summed E-state index contributed by atoms with van der Waals surface area (Å²) in [5.74, 6) is 0.263. The molecule has 0 aliphatic heterocycles. The zero-order chi connectivity index (χ0) is 12.3. The second-order valence-electron chi connectivity index (χ2n) is 6.04. The van der Waals surface area contributed by atoms with E-state index in [4.69, 9.17) is 5.73 Å². The van der Waals surface area contributed by atoms with Gasteiger partial charge < -0.3 is 10.6 Å². The molecular formula is C14H26N2O. The third-order valence-corrected chi connectivity index (χ3v) is 4.62. The fraction of sp³-hybridized carbons (Fsp3) is 0.929. The molecule has 2 fully saturated rings. The number of nitrogens with two attached hydrogens (primary N) is 1. The lowest BCUT2D eigenvalue weighted by Gasteiger charge is -2.39. The van der Waals surface area contributed by atoms with Crippen LogP contribution in [-0.4, -0.2) is 29.4 Å². The van der Waals surface area contributed by atoms with E-state index >= 15 is 0 Å². The van der Waals surface area contributed by atoms with Crippen molar-refractivity contribution in [3.8, 4) is 0 Å². The van der Waals surface area contributed by atoms with Crippen LogP contribution >= 0.6 is 0 Å². The second-order valence-corrected chi connectivity index (χ2v) is 6.04. The fourth-order valence-corrected chi connectivity index (χ4v) is 3.08. The predicted molar refractivity (Wildman–Crippen MR) is 69.6 cm³/mol. The standard InChI is InChI=1S/C14H26N2O/c1-16(12-7-4-2-3-5-8-12)13(17)11-14(15)9-6-10-14/h12H,2-11,15H2,1H3. The van der Waals surface area contributed by atoms with E-state index in [2.05, 4.69) is 0 Å². The van der Waals surface area contributed by atoms with E-state index in [9.17, 15) is 4.79 Å². The summed E-state index contributed by atoms with van der Waals surface area (Å²) in [7, 11) is 1.97. The molecule has 0 aromatic heterocycles. The summed E-state index contributed by atoms with van der Waals surface area (Å²) < 4.78 is 0. The molecule has 0 saturated heterocycles. The van der Waals surface area contributed by atoms with Crippen molar-refractivity contribution in [2.24, 2.45) is 5.73 Å². The van der Waals surface area contributed by atoms with Gasteiger partial charge in [0.15, 0.2) is 0 Å². The molecule has 3 heteroatoms. The molecule has 3 nitrogen and oxygen atoms in total. The highest BCUT2D eigenvalue weighted by Gasteiger charge is 2.36. The van der Waals surface area contributed by atoms with Crippen LogP contribution < -0.4 is 5.73 Å². The summed E-state index contributed by atoms with van der Waals surface area (Å²) in [6, 6.07) is 0.466. The first-order valence-corrected chi connectivity index (χ1v) is 7.15. The Kier molecular flexibility index (Phi) is 4.08. The monoisotopic (exact) mass is 238 g/mol. The van der Waals surface area contributed by atoms with Gasteiger partial charge >= 0.3 is 0 Å². The molecule has 0 aromatic carbocycles. The predicted octanol–water partition coefficient (Wildman–Crippen LogP) is 2.44. The Hall–Kier alpha value is -0.570. The maximum atomic E-state index is 12.2. The van der Waals surface area contributed by atoms with Gasteiger partial charge in [-0.25, -0.2) is 0 Å². The van der Waals surface area contributed by atoms with Crippen LogP contribution in [-0.2, 0) is 4.79 Å². The third-order valence-electron chi connectivity index (χ3n) is 4.62. The van der Waals surface area contributed by atoms with E-state index in [1.54, 1.807) is 0 Å². The number of carbonyl (C=O) groups excluding carboxylic acids is 1. The average Bonchev–Trinajstić information content (AvgIpc) is 2.54. The lowest BCUT2D eigenvalue weighted by atomic mass is 9.75. The molecule has 2 saturated carbocycles. The van der Waals surface area contributed by atoms with E-state index < -0.39 is 0 Å². The van der Waals surface area contributed by atoms with Crippen LogP contribution in [0.4, 0.5) is 0 Å². The molecular weight excluding hydrogens is 212 g/mol. The number of carbonyl (C=O) groups is 1. The lowest BCUT2D eigenvalue weighted by Crippen LogP contribution is -2.51. The zero-order valence-corrected chi connectivity index (χ0v) is 11.1. The minimum Gasteiger partial charge on any atom is -0.343 e. The summed E-state index contributed by atoms with van der Waals surface area (Å²) in [5.41, 5.74) is 5.98. The van der Waals surface area contributed by atoms with E-state index in [0.717, 1.165) is 12.8 Å². The molecule has 98 valence electrons. The Labute approximate surface area is 105 Å². The van der Waals surface area contributed by atoms with Crippen molar-refractivity contribution < 1.29 is 4.79 Å². The van der Waals surface area contributed by atoms with Crippen molar-refractivity contribution >= 4 is 5.91 Å². The van der Waals surface area contributed by atoms with E-state index in [0.29, 0.717) is 12.5 Å². The number of hydrogen-bond donors (Lipinski definition) is 1. The van der Waals surface area contributed by atoms with Gasteiger partial charge in [-0.15, -0.1) is 0 Å². The molecule has 17 heavy (non-hydrogen) atoms. The molecule has 2 N–H and O–H groups in total. The van der Waals surface area contributed by atoms with Crippen molar-refractivity contribution in [1.82, 2.24) is 4.90 Å². The van der Waals surface area contributed by atoms with Gasteiger partial charge in [-0.3, -0.25) is 4.79 Å². The van der Waals surface area contributed by atoms with Crippen molar-refractivity contribution in [2.75, 3.05) is 7.05 Å². The largest absolute Gasteiger partial charge is 0.343 e. The Morgan fingerprint density at radius 2 is 1.76 bits per heavy atom. The van der Waals surface area contributed by atoms with E-state index in [1.807, 2.05) is 11.9 Å². The Bertz CT molecular complexity index is 265. The van der Waals surface area contributed by atoms with Gasteiger partial charge in [0.2, 0.25) is 5.91 Å². The average molecular weight is 238 g/mol. The fourth-order valence-electron chi connectivity index (χ4n) is 3.08. The molecule has 2 aliphatic rings. The molecule has 0 unspecified atom stereocenters. The first-order valence-electron chi connectivity index (χ1n) is 7.15. The summed E-state index contributed by atoms with van der Waals surface area (Å²) in [4.78, 5) is 14.2. The van der Waals surface area contributed by atoms with Gasteiger partial charge in [-0.2, -0.15) is 0 Å². The lowest BCUT2D eigenvalue weighted by molar-refractivity contribution is -0.134. The Morgan fingerprint density at radius 3 is 2.24 bits per heavy atom. The number of rotatable bonds is 3. The highest BCUT2D eigenvalue weighted by molar-refractivity contribution is 5.77. The van der Waals surface area contributed by atoms with Gasteiger partial charge in [0.1, 0.15) is 0 Å². The van der Waals surface area contributed by atoms with E-state index in [-0.39, 0.29) is 11.4 Å². The second kappa shape index (κ2) is 5.38. The van der Waals surface area contributed by atoms with Crippen LogP contribution in [0.5, 0.6) is 0 Å². The van der Waals surface area contributed by atoms with Crippen molar-refractivity contribution in [3.05, 3.63) is 0 Å². The van der Waals surface area contributed by atoms with E-state index in [1.165, 1.54) is 44.9 Å². The number of amides is 1. The van der Waals surface area contributed by atoms with Crippen LogP contribution in [0.25, 0.3) is 0 Å². The highest BCUT2D eigenvalue weighted by Crippen LogP contribution is 2.33. The molecule has 2 aliphatic carbocycles.